The van der Waals surface area contributed by atoms with Crippen molar-refractivity contribution in [1.29, 1.82) is 0 Å². The Kier molecular flexibility index (Phi) is 3.89. The molecule has 0 unspecified atom stereocenters. The maximum Gasteiger partial charge on any atom is 0.203 e. The number of fused-ring (bicyclic) bond motifs is 2. The zero-order valence-electron chi connectivity index (χ0n) is 15.2. The van der Waals surface area contributed by atoms with Crippen LogP contribution in [0.2, 0.25) is 0 Å². The Morgan fingerprint density at radius 3 is 2.59 bits per heavy atom. The summed E-state index contributed by atoms with van der Waals surface area (Å²) in [7, 11) is 1.39. The van der Waals surface area contributed by atoms with E-state index >= 15 is 0 Å². The highest BCUT2D eigenvalue weighted by atomic mass is 16.5. The van der Waals surface area contributed by atoms with Gasteiger partial charge < -0.3 is 24.4 Å². The monoisotopic (exact) mass is 368 g/mol. The van der Waals surface area contributed by atoms with Gasteiger partial charge in [-0.2, -0.15) is 0 Å². The quantitative estimate of drug-likeness (QED) is 0.842. The number of carbonyl (C=O) groups excluding carboxylic acids is 1. The van der Waals surface area contributed by atoms with E-state index in [1.165, 1.54) is 13.2 Å². The van der Waals surface area contributed by atoms with Crippen LogP contribution in [0.5, 0.6) is 23.0 Å². The molecular formula is C21H20O6. The van der Waals surface area contributed by atoms with Gasteiger partial charge in [0.15, 0.2) is 12.2 Å². The molecule has 0 saturated carbocycles. The van der Waals surface area contributed by atoms with Crippen LogP contribution in [-0.2, 0) is 4.74 Å². The molecule has 27 heavy (non-hydrogen) atoms. The van der Waals surface area contributed by atoms with Crippen molar-refractivity contribution in [2.45, 2.75) is 31.7 Å². The summed E-state index contributed by atoms with van der Waals surface area (Å²) in [5.74, 6) is 0.0215. The van der Waals surface area contributed by atoms with Crippen molar-refractivity contribution in [2.24, 2.45) is 0 Å². The Balaban J connectivity index is 1.86. The van der Waals surface area contributed by atoms with E-state index in [0.717, 1.165) is 0 Å². The van der Waals surface area contributed by atoms with Crippen molar-refractivity contribution in [2.75, 3.05) is 7.11 Å². The lowest BCUT2D eigenvalue weighted by molar-refractivity contribution is -0.00191. The molecule has 2 heterocycles. The molecule has 2 aromatic carbocycles. The Morgan fingerprint density at radius 2 is 1.89 bits per heavy atom. The molecule has 6 heteroatoms. The number of methoxy groups -OCH3 is 1. The molecule has 0 radical (unpaired) electrons. The van der Waals surface area contributed by atoms with Crippen LogP contribution in [-0.4, -0.2) is 34.8 Å². The topological polar surface area (TPSA) is 85.2 Å². The van der Waals surface area contributed by atoms with Gasteiger partial charge in [0.1, 0.15) is 34.2 Å². The van der Waals surface area contributed by atoms with E-state index in [4.69, 9.17) is 14.2 Å². The van der Waals surface area contributed by atoms with E-state index < -0.39 is 23.6 Å². The summed E-state index contributed by atoms with van der Waals surface area (Å²) in [4.78, 5) is 13.1. The van der Waals surface area contributed by atoms with Crippen molar-refractivity contribution in [3.05, 3.63) is 53.1 Å². The van der Waals surface area contributed by atoms with E-state index in [2.05, 4.69) is 0 Å². The van der Waals surface area contributed by atoms with Crippen LogP contribution >= 0.6 is 0 Å². The first kappa shape index (κ1) is 17.4. The number of phenolic OH excluding ortho intramolecular Hbond substituents is 2. The second-order valence-electron chi connectivity index (χ2n) is 7.17. The van der Waals surface area contributed by atoms with E-state index in [9.17, 15) is 15.0 Å². The van der Waals surface area contributed by atoms with Crippen molar-refractivity contribution < 1.29 is 29.2 Å². The number of phenols is 2. The zero-order chi connectivity index (χ0) is 19.3. The average Bonchev–Trinajstić information content (AvgIpc) is 2.60. The minimum Gasteiger partial charge on any atom is -0.508 e. The molecule has 6 nitrogen and oxygen atoms in total. The molecule has 2 aliphatic rings. The van der Waals surface area contributed by atoms with Gasteiger partial charge >= 0.3 is 0 Å². The highest BCUT2D eigenvalue weighted by Crippen LogP contribution is 2.48. The van der Waals surface area contributed by atoms with Crippen LogP contribution in [0.3, 0.4) is 0 Å². The summed E-state index contributed by atoms with van der Waals surface area (Å²) in [6, 6.07) is 8.22. The standard InChI is InChI=1S/C21H20O6/c1-21(2)9-8-12-14(27-21)10-15-16(17(12)23)18(24)20(25-3)19(26-15)11-6-4-5-7-13(11)22/h4-10,19-20,22-23H,1-3H3/t19-,20+/m1/s1. The first-order valence-electron chi connectivity index (χ1n) is 8.62. The molecule has 2 atom stereocenters. The molecule has 0 saturated heterocycles. The maximum absolute atomic E-state index is 13.1. The number of aromatic hydroxyl groups is 2. The molecule has 2 aliphatic heterocycles. The van der Waals surface area contributed by atoms with Crippen LogP contribution in [0, 0.1) is 0 Å². The zero-order valence-corrected chi connectivity index (χ0v) is 15.2. The summed E-state index contributed by atoms with van der Waals surface area (Å²) in [6.07, 6.45) is 1.70. The molecule has 0 bridgehead atoms. The fourth-order valence-corrected chi connectivity index (χ4v) is 3.48. The SMILES string of the molecule is CO[C@H]1C(=O)c2c(cc3c(c2O)C=CC(C)(C)O3)O[C@@H]1c1ccccc1O. The van der Waals surface area contributed by atoms with Gasteiger partial charge in [0.2, 0.25) is 5.78 Å². The van der Waals surface area contributed by atoms with E-state index in [-0.39, 0.29) is 22.8 Å². The van der Waals surface area contributed by atoms with Gasteiger partial charge in [-0.3, -0.25) is 4.79 Å². The number of para-hydroxylation sites is 1. The summed E-state index contributed by atoms with van der Waals surface area (Å²) in [6.45, 7) is 3.78. The highest BCUT2D eigenvalue weighted by molar-refractivity contribution is 6.07. The molecule has 0 aliphatic carbocycles. The van der Waals surface area contributed by atoms with E-state index in [1.54, 1.807) is 30.3 Å². The van der Waals surface area contributed by atoms with Crippen LogP contribution < -0.4 is 9.47 Å². The second kappa shape index (κ2) is 6.03. The molecular weight excluding hydrogens is 348 g/mol. The smallest absolute Gasteiger partial charge is 0.203 e. The minimum absolute atomic E-state index is 0.00305. The molecule has 0 aromatic heterocycles. The Labute approximate surface area is 156 Å². The van der Waals surface area contributed by atoms with Gasteiger partial charge in [-0.25, -0.2) is 0 Å². The lowest BCUT2D eigenvalue weighted by Gasteiger charge is -2.34. The first-order valence-corrected chi connectivity index (χ1v) is 8.62. The van der Waals surface area contributed by atoms with Crippen molar-refractivity contribution in [3.63, 3.8) is 0 Å². The first-order chi connectivity index (χ1) is 12.8. The molecule has 2 aromatic rings. The lowest BCUT2D eigenvalue weighted by atomic mass is 9.90. The number of benzene rings is 2. The summed E-state index contributed by atoms with van der Waals surface area (Å²) in [5, 5.41) is 20.9. The predicted molar refractivity (Wildman–Crippen MR) is 98.5 cm³/mol. The fraction of sp³-hybridized carbons (Fsp3) is 0.286. The minimum atomic E-state index is -1.00. The van der Waals surface area contributed by atoms with Crippen molar-refractivity contribution in [3.8, 4) is 23.0 Å². The highest BCUT2D eigenvalue weighted by Gasteiger charge is 2.43. The van der Waals surface area contributed by atoms with Crippen LogP contribution in [0.25, 0.3) is 6.08 Å². The number of Topliss-reactive ketones (excluding diaryl/α,β-unsaturated/α-hetero) is 1. The largest absolute Gasteiger partial charge is 0.508 e. The normalized spacial score (nSPS) is 22.4. The average molecular weight is 368 g/mol. The van der Waals surface area contributed by atoms with Gasteiger partial charge in [-0.15, -0.1) is 0 Å². The molecule has 4 rings (SSSR count). The van der Waals surface area contributed by atoms with E-state index in [0.29, 0.717) is 16.9 Å². The number of hydrogen-bond donors (Lipinski definition) is 2. The third-order valence-electron chi connectivity index (χ3n) is 4.82. The summed E-state index contributed by atoms with van der Waals surface area (Å²) < 4.78 is 17.3. The predicted octanol–water partition coefficient (Wildman–Crippen LogP) is 3.61. The number of ketones is 1. The number of hydrogen-bond acceptors (Lipinski definition) is 6. The molecule has 0 amide bonds. The molecule has 0 fully saturated rings. The molecule has 2 N–H and O–H groups in total. The van der Waals surface area contributed by atoms with Crippen LogP contribution in [0.4, 0.5) is 0 Å². The van der Waals surface area contributed by atoms with Gasteiger partial charge in [0.25, 0.3) is 0 Å². The van der Waals surface area contributed by atoms with Crippen molar-refractivity contribution in [1.82, 2.24) is 0 Å². The number of ether oxygens (including phenoxy) is 3. The maximum atomic E-state index is 13.1. The second-order valence-corrected chi connectivity index (χ2v) is 7.17. The fourth-order valence-electron chi connectivity index (χ4n) is 3.48. The Hall–Kier alpha value is -2.99. The summed E-state index contributed by atoms with van der Waals surface area (Å²) >= 11 is 0. The number of carbonyl (C=O) groups is 1. The Bertz CT molecular complexity index is 959. The molecule has 0 spiro atoms. The van der Waals surface area contributed by atoms with Crippen LogP contribution in [0.1, 0.15) is 41.4 Å². The van der Waals surface area contributed by atoms with E-state index in [1.807, 2.05) is 19.9 Å². The van der Waals surface area contributed by atoms with Gasteiger partial charge in [-0.1, -0.05) is 18.2 Å². The lowest BCUT2D eigenvalue weighted by Crippen LogP contribution is -2.38. The third-order valence-corrected chi connectivity index (χ3v) is 4.82. The van der Waals surface area contributed by atoms with Gasteiger partial charge in [0.05, 0.1) is 5.56 Å². The Morgan fingerprint density at radius 1 is 1.15 bits per heavy atom. The number of rotatable bonds is 2. The summed E-state index contributed by atoms with van der Waals surface area (Å²) in [5.41, 5.74) is 0.376. The van der Waals surface area contributed by atoms with Crippen molar-refractivity contribution >= 4 is 11.9 Å². The third kappa shape index (κ3) is 2.73. The van der Waals surface area contributed by atoms with Gasteiger partial charge in [0, 0.05) is 18.7 Å². The van der Waals surface area contributed by atoms with Gasteiger partial charge in [-0.05, 0) is 32.1 Å². The molecule has 140 valence electrons. The van der Waals surface area contributed by atoms with Crippen LogP contribution in [0.15, 0.2) is 36.4 Å².